The van der Waals surface area contributed by atoms with Gasteiger partial charge in [-0.2, -0.15) is 4.73 Å². The first-order valence-corrected chi connectivity index (χ1v) is 9.36. The Balaban J connectivity index is 2.11. The van der Waals surface area contributed by atoms with Gasteiger partial charge in [-0.15, -0.1) is 0 Å². The largest absolute Gasteiger partial charge is 0.618 e. The molecule has 0 fully saturated rings. The zero-order chi connectivity index (χ0) is 23.1. The average Bonchev–Trinajstić information content (AvgIpc) is 2.87. The Morgan fingerprint density at radius 1 is 0.552 bits per heavy atom. The first kappa shape index (κ1) is 13.3. The smallest absolute Gasteiger partial charge is 0.232 e. The van der Waals surface area contributed by atoms with Crippen molar-refractivity contribution in [2.24, 2.45) is 0 Å². The summed E-state index contributed by atoms with van der Waals surface area (Å²) in [5.41, 5.74) is 2.99. The lowest BCUT2D eigenvalue weighted by Gasteiger charge is -2.18. The normalized spacial score (nSPS) is 12.8. The molecule has 2 nitrogen and oxygen atoms in total. The summed E-state index contributed by atoms with van der Waals surface area (Å²) in [5, 5.41) is 14.6. The lowest BCUT2D eigenvalue weighted by atomic mass is 9.91. The predicted octanol–water partition coefficient (Wildman–Crippen LogP) is 6.47. The van der Waals surface area contributed by atoms with E-state index in [2.05, 4.69) is 0 Å². The summed E-state index contributed by atoms with van der Waals surface area (Å²) in [6, 6.07) is 26.4. The highest BCUT2D eigenvalue weighted by molar-refractivity contribution is 6.06. The number of hydrogen-bond donors (Lipinski definition) is 0. The minimum absolute atomic E-state index is 0.167. The lowest BCUT2D eigenvalue weighted by molar-refractivity contribution is -0.580. The quantitative estimate of drug-likeness (QED) is 0.261. The maximum absolute atomic E-state index is 14.1. The molecule has 0 spiro atoms. The van der Waals surface area contributed by atoms with E-state index in [0.29, 0.717) is 33.3 Å². The van der Waals surface area contributed by atoms with E-state index in [1.807, 2.05) is 66.7 Å². The van der Waals surface area contributed by atoms with E-state index in [1.165, 1.54) is 0 Å². The van der Waals surface area contributed by atoms with Crippen molar-refractivity contribution in [3.8, 4) is 33.6 Å². The van der Waals surface area contributed by atoms with Crippen molar-refractivity contribution in [2.45, 2.75) is 0 Å². The summed E-state index contributed by atoms with van der Waals surface area (Å²) in [7, 11) is 0. The predicted molar refractivity (Wildman–Crippen MR) is 119 cm³/mol. The molecule has 0 atom stereocenters. The van der Waals surface area contributed by atoms with Crippen LogP contribution in [0.2, 0.25) is 0 Å². The van der Waals surface area contributed by atoms with E-state index in [-0.39, 0.29) is 35.2 Å². The minimum Gasteiger partial charge on any atom is -0.618 e. The Kier molecular flexibility index (Phi) is 3.32. The molecule has 2 heteroatoms. The third-order valence-electron chi connectivity index (χ3n) is 4.97. The number of nitrogens with zero attached hydrogens (tertiary/aromatic N) is 1. The molecule has 0 saturated heterocycles. The van der Waals surface area contributed by atoms with Gasteiger partial charge in [-0.05, 0) is 35.9 Å². The van der Waals surface area contributed by atoms with E-state index >= 15 is 0 Å². The topological polar surface area (TPSA) is 26.9 Å². The summed E-state index contributed by atoms with van der Waals surface area (Å²) in [5.74, 6) is 0. The van der Waals surface area contributed by atoms with Gasteiger partial charge in [0.15, 0.2) is 0 Å². The molecule has 1 heterocycles. The number of fused-ring (bicyclic) bond motifs is 1. The van der Waals surface area contributed by atoms with Crippen molar-refractivity contribution >= 4 is 10.8 Å². The summed E-state index contributed by atoms with van der Waals surface area (Å²) in [4.78, 5) is 0. The molecule has 29 heavy (non-hydrogen) atoms. The van der Waals surface area contributed by atoms with Gasteiger partial charge in [0, 0.05) is 16.5 Å². The van der Waals surface area contributed by atoms with Crippen LogP contribution in [0.3, 0.4) is 0 Å². The summed E-state index contributed by atoms with van der Waals surface area (Å²) in [6.07, 6.45) is 0. The average molecular weight is 377 g/mol. The fourth-order valence-electron chi connectivity index (χ4n) is 3.71. The highest BCUT2D eigenvalue weighted by Gasteiger charge is 2.26. The molecule has 0 N–H and O–H groups in total. The molecule has 138 valence electrons. The number of hydrogen-bond acceptors (Lipinski definition) is 1. The number of rotatable bonds is 3. The maximum atomic E-state index is 14.1. The van der Waals surface area contributed by atoms with Gasteiger partial charge in [0.05, 0.1) is 16.4 Å². The minimum atomic E-state index is -0.365. The van der Waals surface area contributed by atoms with Crippen LogP contribution >= 0.6 is 0 Å². The number of benzene rings is 4. The Bertz CT molecular complexity index is 1490. The van der Waals surface area contributed by atoms with Crippen molar-refractivity contribution in [2.75, 3.05) is 0 Å². The number of aromatic nitrogens is 1. The van der Waals surface area contributed by atoms with Crippen molar-refractivity contribution in [1.82, 2.24) is 0 Å². The molecule has 0 aliphatic heterocycles. The molecule has 1 aromatic heterocycles. The Hall–Kier alpha value is -3.91. The van der Waals surface area contributed by atoms with Crippen LogP contribution in [0.25, 0.3) is 44.4 Å². The second-order valence-electron chi connectivity index (χ2n) is 6.71. The number of pyridine rings is 1. The zero-order valence-electron chi connectivity index (χ0n) is 19.5. The molecule has 0 radical (unpaired) electrons. The highest BCUT2D eigenvalue weighted by Crippen LogP contribution is 2.39. The van der Waals surface area contributed by atoms with Crippen molar-refractivity contribution < 1.29 is 10.2 Å². The molecule has 4 aromatic carbocycles. The molecule has 5 rings (SSSR count). The van der Waals surface area contributed by atoms with E-state index in [1.54, 1.807) is 24.3 Å². The SMILES string of the molecule is [2H]c1c([2H])c([2H])c2c(-c3ccccc3)[n+]([O-])c(-c3ccccc3)c(-c3ccccc3)c2c1[2H]. The van der Waals surface area contributed by atoms with Crippen LogP contribution < -0.4 is 4.73 Å². The van der Waals surface area contributed by atoms with Crippen molar-refractivity contribution in [3.63, 3.8) is 0 Å². The van der Waals surface area contributed by atoms with Crippen LogP contribution in [0.4, 0.5) is 0 Å². The Morgan fingerprint density at radius 2 is 1.00 bits per heavy atom. The highest BCUT2D eigenvalue weighted by atomic mass is 16.5. The molecule has 0 aliphatic rings. The first-order chi connectivity index (χ1) is 16.0. The molecular formula is C27H19NO. The standard InChI is InChI=1S/C27H19NO/c29-28-26(21-14-6-2-7-15-21)24-19-11-10-18-23(24)25(20-12-4-1-5-13-20)27(28)22-16-8-3-9-17-22/h1-19H/i10D,11D,18D,19D. The van der Waals surface area contributed by atoms with Crippen LogP contribution in [0, 0.1) is 5.21 Å². The van der Waals surface area contributed by atoms with Gasteiger partial charge in [0.1, 0.15) is 0 Å². The van der Waals surface area contributed by atoms with Gasteiger partial charge >= 0.3 is 0 Å². The van der Waals surface area contributed by atoms with Crippen molar-refractivity contribution in [1.29, 1.82) is 0 Å². The van der Waals surface area contributed by atoms with E-state index in [4.69, 9.17) is 5.48 Å². The van der Waals surface area contributed by atoms with Crippen LogP contribution in [-0.2, 0) is 0 Å². The van der Waals surface area contributed by atoms with Crippen LogP contribution in [-0.4, -0.2) is 0 Å². The molecule has 5 aromatic rings. The van der Waals surface area contributed by atoms with Crippen LogP contribution in [0.5, 0.6) is 0 Å². The third-order valence-corrected chi connectivity index (χ3v) is 4.97. The lowest BCUT2D eigenvalue weighted by Crippen LogP contribution is -2.33. The van der Waals surface area contributed by atoms with E-state index in [9.17, 15) is 5.21 Å². The van der Waals surface area contributed by atoms with Gasteiger partial charge in [-0.1, -0.05) is 84.9 Å². The molecule has 0 saturated carbocycles. The van der Waals surface area contributed by atoms with Gasteiger partial charge in [0.25, 0.3) is 0 Å². The first-order valence-electron chi connectivity index (χ1n) is 11.4. The van der Waals surface area contributed by atoms with Gasteiger partial charge in [-0.25, -0.2) is 0 Å². The van der Waals surface area contributed by atoms with Crippen LogP contribution in [0.15, 0.2) is 115 Å². The fraction of sp³-hybridized carbons (Fsp3) is 0. The Morgan fingerprint density at radius 3 is 1.55 bits per heavy atom. The summed E-state index contributed by atoms with van der Waals surface area (Å²) < 4.78 is 35.0. The fourth-order valence-corrected chi connectivity index (χ4v) is 3.71. The molecule has 0 amide bonds. The van der Waals surface area contributed by atoms with E-state index < -0.39 is 0 Å². The second kappa shape index (κ2) is 7.25. The van der Waals surface area contributed by atoms with Crippen molar-refractivity contribution in [3.05, 3.63) is 120 Å². The van der Waals surface area contributed by atoms with Gasteiger partial charge < -0.3 is 5.21 Å². The molecule has 0 unspecified atom stereocenters. The maximum Gasteiger partial charge on any atom is 0.232 e. The Labute approximate surface area is 175 Å². The summed E-state index contributed by atoms with van der Waals surface area (Å²) in [6.45, 7) is 0. The second-order valence-corrected chi connectivity index (χ2v) is 6.71. The van der Waals surface area contributed by atoms with E-state index in [0.717, 1.165) is 4.73 Å². The summed E-state index contributed by atoms with van der Waals surface area (Å²) >= 11 is 0. The van der Waals surface area contributed by atoms with Gasteiger partial charge in [-0.3, -0.25) is 0 Å². The monoisotopic (exact) mass is 377 g/mol. The van der Waals surface area contributed by atoms with Gasteiger partial charge in [0.2, 0.25) is 11.4 Å². The van der Waals surface area contributed by atoms with Crippen LogP contribution in [0.1, 0.15) is 5.48 Å². The third kappa shape index (κ3) is 2.95. The molecule has 0 aliphatic carbocycles. The molecular weight excluding hydrogens is 354 g/mol. The molecule has 0 bridgehead atoms. The zero-order valence-corrected chi connectivity index (χ0v) is 15.5.